The molecule has 0 radical (unpaired) electrons. The molecule has 0 aliphatic heterocycles. The van der Waals surface area contributed by atoms with Crippen LogP contribution in [0, 0.1) is 5.41 Å². The second-order valence-electron chi connectivity index (χ2n) is 11.6. The Labute approximate surface area is 226 Å². The number of hydrogen-bond donors (Lipinski definition) is 2. The molecule has 0 saturated heterocycles. The van der Waals surface area contributed by atoms with E-state index in [0.717, 1.165) is 47.5 Å². The zero-order chi connectivity index (χ0) is 27.5. The Morgan fingerprint density at radius 3 is 2.38 bits per heavy atom. The first-order valence-corrected chi connectivity index (χ1v) is 13.3. The van der Waals surface area contributed by atoms with Crippen LogP contribution in [0.3, 0.4) is 0 Å². The maximum Gasteiger partial charge on any atom is 0.162 e. The van der Waals surface area contributed by atoms with E-state index in [4.69, 9.17) is 27.1 Å². The summed E-state index contributed by atoms with van der Waals surface area (Å²) in [5.74, 6) is 1.60. The maximum atomic E-state index is 12.3. The highest BCUT2D eigenvalue weighted by Crippen LogP contribution is 2.33. The molecular weight excluding hydrogens is 484 g/mol. The normalized spacial score (nSPS) is 13.0. The predicted molar refractivity (Wildman–Crippen MR) is 154 cm³/mol. The molecule has 0 unspecified atom stereocenters. The van der Waals surface area contributed by atoms with Gasteiger partial charge in [0, 0.05) is 23.0 Å². The van der Waals surface area contributed by atoms with Crippen molar-refractivity contribution in [2.75, 3.05) is 11.9 Å². The van der Waals surface area contributed by atoms with Crippen LogP contribution in [0.5, 0.6) is 5.75 Å². The highest BCUT2D eigenvalue weighted by atomic mass is 35.5. The molecule has 6 nitrogen and oxygen atoms in total. The number of rotatable bonds is 10. The fraction of sp³-hybridized carbons (Fsp3) is 0.467. The molecule has 3 N–H and O–H groups in total. The predicted octanol–water partition coefficient (Wildman–Crippen LogP) is 7.08. The molecule has 2 heterocycles. The van der Waals surface area contributed by atoms with E-state index < -0.39 is 0 Å². The minimum Gasteiger partial charge on any atom is -0.492 e. The zero-order valence-electron chi connectivity index (χ0n) is 23.5. The highest BCUT2D eigenvalue weighted by Gasteiger charge is 2.28. The van der Waals surface area contributed by atoms with Crippen molar-refractivity contribution in [1.82, 2.24) is 9.38 Å². The number of halogens is 1. The first kappa shape index (κ1) is 28.6. The van der Waals surface area contributed by atoms with E-state index in [1.165, 1.54) is 6.92 Å². The van der Waals surface area contributed by atoms with E-state index in [9.17, 15) is 4.79 Å². The van der Waals surface area contributed by atoms with E-state index >= 15 is 0 Å². The van der Waals surface area contributed by atoms with Crippen LogP contribution in [0.2, 0.25) is 5.02 Å². The minimum absolute atomic E-state index is 0.0619. The number of carbonyl (C=O) groups is 1. The van der Waals surface area contributed by atoms with E-state index in [2.05, 4.69) is 50.4 Å². The molecule has 3 aromatic rings. The average Bonchev–Trinajstić information content (AvgIpc) is 3.07. The van der Waals surface area contributed by atoms with Crippen molar-refractivity contribution in [3.63, 3.8) is 0 Å². The Hall–Kier alpha value is -2.99. The quantitative estimate of drug-likeness (QED) is 0.277. The van der Waals surface area contributed by atoms with Gasteiger partial charge < -0.3 is 15.8 Å². The van der Waals surface area contributed by atoms with Gasteiger partial charge in [-0.2, -0.15) is 0 Å². The van der Waals surface area contributed by atoms with E-state index in [1.54, 1.807) is 6.92 Å². The molecule has 0 bridgehead atoms. The molecule has 0 fully saturated rings. The summed E-state index contributed by atoms with van der Waals surface area (Å²) in [6.45, 7) is 17.0. The third-order valence-corrected chi connectivity index (χ3v) is 6.40. The number of aryl methyl sites for hydroxylation is 2. The lowest BCUT2D eigenvalue weighted by Crippen LogP contribution is -2.36. The van der Waals surface area contributed by atoms with Crippen molar-refractivity contribution >= 4 is 34.4 Å². The number of hydrogen-bond acceptors (Lipinski definition) is 5. The largest absolute Gasteiger partial charge is 0.492 e. The Morgan fingerprint density at radius 1 is 1.11 bits per heavy atom. The molecule has 200 valence electrons. The SMILES string of the molecule is CCOc1ccc(CCc2nc3cc(C(C(C)=O)=C(C)N)ccn3c2NC(C)(C)CC(C)(C)C)cc1Cl. The summed E-state index contributed by atoms with van der Waals surface area (Å²) in [5, 5.41) is 4.40. The van der Waals surface area contributed by atoms with Crippen molar-refractivity contribution in [3.05, 3.63) is 64.1 Å². The molecule has 0 amide bonds. The van der Waals surface area contributed by atoms with Gasteiger partial charge in [0.2, 0.25) is 0 Å². The van der Waals surface area contributed by atoms with Gasteiger partial charge in [-0.25, -0.2) is 4.98 Å². The molecule has 0 atom stereocenters. The molecule has 3 rings (SSSR count). The number of carbonyl (C=O) groups excluding carboxylic acids is 1. The summed E-state index contributed by atoms with van der Waals surface area (Å²) in [5.41, 5.74) is 10.7. The number of ether oxygens (including phenoxy) is 1. The standard InChI is InChI=1S/C30H41ClN4O2/c1-9-37-25-13-11-21(16-23(25)31)10-12-24-28(34-30(7,8)18-29(4,5)6)35-15-14-22(17-26(35)33-24)27(19(2)32)20(3)36/h11,13-17,34H,9-10,12,18,32H2,1-8H3. The van der Waals surface area contributed by atoms with E-state index in [-0.39, 0.29) is 16.7 Å². The third kappa shape index (κ3) is 7.29. The van der Waals surface area contributed by atoms with Gasteiger partial charge in [0.1, 0.15) is 17.2 Å². The molecule has 7 heteroatoms. The van der Waals surface area contributed by atoms with Crippen LogP contribution in [0.15, 0.2) is 42.2 Å². The summed E-state index contributed by atoms with van der Waals surface area (Å²) in [7, 11) is 0. The second-order valence-corrected chi connectivity index (χ2v) is 12.0. The van der Waals surface area contributed by atoms with Crippen molar-refractivity contribution in [2.24, 2.45) is 11.1 Å². The number of imidazole rings is 1. The number of anilines is 1. The van der Waals surface area contributed by atoms with Crippen LogP contribution in [-0.4, -0.2) is 27.3 Å². The van der Waals surface area contributed by atoms with Crippen LogP contribution < -0.4 is 15.8 Å². The van der Waals surface area contributed by atoms with Crippen molar-refractivity contribution < 1.29 is 9.53 Å². The van der Waals surface area contributed by atoms with Gasteiger partial charge in [0.25, 0.3) is 0 Å². The Bertz CT molecular complexity index is 1310. The number of Topliss-reactive ketones (excluding diaryl/α,β-unsaturated/α-hetero) is 1. The second kappa shape index (κ2) is 11.2. The lowest BCUT2D eigenvalue weighted by molar-refractivity contribution is -0.111. The lowest BCUT2D eigenvalue weighted by atomic mass is 9.82. The smallest absolute Gasteiger partial charge is 0.162 e. The molecule has 2 aromatic heterocycles. The van der Waals surface area contributed by atoms with Crippen LogP contribution in [0.25, 0.3) is 11.2 Å². The number of fused-ring (bicyclic) bond motifs is 1. The number of benzene rings is 1. The molecule has 0 aliphatic carbocycles. The van der Waals surface area contributed by atoms with Gasteiger partial charge in [-0.05, 0) is 94.7 Å². The molecule has 0 saturated carbocycles. The molecule has 1 aromatic carbocycles. The van der Waals surface area contributed by atoms with Crippen LogP contribution >= 0.6 is 11.6 Å². The number of ketones is 1. The Morgan fingerprint density at radius 2 is 1.81 bits per heavy atom. The number of aromatic nitrogens is 2. The molecule has 0 spiro atoms. The summed E-state index contributed by atoms with van der Waals surface area (Å²) >= 11 is 6.43. The summed E-state index contributed by atoms with van der Waals surface area (Å²) < 4.78 is 7.65. The Kier molecular flexibility index (Phi) is 8.63. The van der Waals surface area contributed by atoms with Gasteiger partial charge in [-0.15, -0.1) is 0 Å². The number of pyridine rings is 1. The van der Waals surface area contributed by atoms with Gasteiger partial charge in [-0.1, -0.05) is 38.4 Å². The highest BCUT2D eigenvalue weighted by molar-refractivity contribution is 6.32. The van der Waals surface area contributed by atoms with Gasteiger partial charge >= 0.3 is 0 Å². The maximum absolute atomic E-state index is 12.3. The number of nitrogens with one attached hydrogen (secondary N) is 1. The van der Waals surface area contributed by atoms with Gasteiger partial charge in [0.15, 0.2) is 5.78 Å². The Balaban J connectivity index is 2.03. The van der Waals surface area contributed by atoms with E-state index in [1.807, 2.05) is 37.4 Å². The minimum atomic E-state index is -0.164. The topological polar surface area (TPSA) is 81.6 Å². The van der Waals surface area contributed by atoms with Crippen LogP contribution in [0.4, 0.5) is 5.82 Å². The summed E-state index contributed by atoms with van der Waals surface area (Å²) in [6, 6.07) is 9.81. The lowest BCUT2D eigenvalue weighted by Gasteiger charge is -2.34. The first-order chi connectivity index (χ1) is 17.2. The van der Waals surface area contributed by atoms with Crippen molar-refractivity contribution in [3.8, 4) is 5.75 Å². The number of allylic oxidation sites excluding steroid dienone is 2. The van der Waals surface area contributed by atoms with Crippen molar-refractivity contribution in [2.45, 2.75) is 80.2 Å². The average molecular weight is 525 g/mol. The number of nitrogens with zero attached hydrogens (tertiary/aromatic N) is 2. The van der Waals surface area contributed by atoms with Gasteiger partial charge in [-0.3, -0.25) is 9.20 Å². The van der Waals surface area contributed by atoms with E-state index in [0.29, 0.717) is 28.6 Å². The fourth-order valence-corrected chi connectivity index (χ4v) is 5.45. The van der Waals surface area contributed by atoms with Crippen LogP contribution in [0.1, 0.15) is 78.6 Å². The summed E-state index contributed by atoms with van der Waals surface area (Å²) in [4.78, 5) is 17.3. The first-order valence-electron chi connectivity index (χ1n) is 12.9. The molecule has 37 heavy (non-hydrogen) atoms. The summed E-state index contributed by atoms with van der Waals surface area (Å²) in [6.07, 6.45) is 4.44. The number of nitrogens with two attached hydrogens (primary N) is 1. The van der Waals surface area contributed by atoms with Crippen molar-refractivity contribution in [1.29, 1.82) is 0 Å². The zero-order valence-corrected chi connectivity index (χ0v) is 24.2. The molecular formula is C30H41ClN4O2. The fourth-order valence-electron chi connectivity index (χ4n) is 5.19. The van der Waals surface area contributed by atoms with Crippen LogP contribution in [-0.2, 0) is 17.6 Å². The van der Waals surface area contributed by atoms with Gasteiger partial charge in [0.05, 0.1) is 17.3 Å². The monoisotopic (exact) mass is 524 g/mol. The molecule has 0 aliphatic rings. The third-order valence-electron chi connectivity index (χ3n) is 6.11.